The number of nitrogens with one attached hydrogen (secondary N) is 1. The van der Waals surface area contributed by atoms with Crippen LogP contribution in [-0.2, 0) is 0 Å². The third-order valence-corrected chi connectivity index (χ3v) is 3.61. The summed E-state index contributed by atoms with van der Waals surface area (Å²) in [5.41, 5.74) is 0.215. The zero-order valence-corrected chi connectivity index (χ0v) is 11.8. The summed E-state index contributed by atoms with van der Waals surface area (Å²) in [7, 11) is 0. The Labute approximate surface area is 114 Å². The maximum absolute atomic E-state index is 13.5. The van der Waals surface area contributed by atoms with Crippen molar-refractivity contribution >= 4 is 27.6 Å². The van der Waals surface area contributed by atoms with E-state index in [2.05, 4.69) is 28.2 Å². The Hall–Kier alpha value is -1.10. The van der Waals surface area contributed by atoms with Crippen molar-refractivity contribution in [3.05, 3.63) is 28.5 Å². The number of likely N-dealkylation sites (tertiary alicyclic amines) is 1. The number of carbonyl (C=O) groups is 1. The maximum Gasteiger partial charge on any atom is 0.321 e. The standard InChI is InChI=1S/C13H16BrFN2O/c1-9-3-2-6-17(8-9)13(18)16-12-7-10(14)4-5-11(12)15/h4-5,7,9H,2-3,6,8H2,1H3,(H,16,18). The van der Waals surface area contributed by atoms with Gasteiger partial charge in [0, 0.05) is 17.6 Å². The van der Waals surface area contributed by atoms with Gasteiger partial charge in [-0.1, -0.05) is 22.9 Å². The minimum Gasteiger partial charge on any atom is -0.324 e. The number of piperidine rings is 1. The van der Waals surface area contributed by atoms with Crippen molar-refractivity contribution in [3.8, 4) is 0 Å². The minimum atomic E-state index is -0.420. The van der Waals surface area contributed by atoms with Crippen LogP contribution in [0.2, 0.25) is 0 Å². The first kappa shape index (κ1) is 13.3. The Balaban J connectivity index is 2.04. The average Bonchev–Trinajstić information content (AvgIpc) is 2.34. The van der Waals surface area contributed by atoms with Gasteiger partial charge in [-0.15, -0.1) is 0 Å². The van der Waals surface area contributed by atoms with Gasteiger partial charge in [0.25, 0.3) is 0 Å². The first-order chi connectivity index (χ1) is 8.56. The summed E-state index contributed by atoms with van der Waals surface area (Å²) in [6, 6.07) is 4.28. The van der Waals surface area contributed by atoms with E-state index in [1.54, 1.807) is 17.0 Å². The number of hydrogen-bond donors (Lipinski definition) is 1. The van der Waals surface area contributed by atoms with Gasteiger partial charge in [0.2, 0.25) is 0 Å². The molecule has 0 saturated carbocycles. The molecule has 98 valence electrons. The van der Waals surface area contributed by atoms with Crippen LogP contribution in [0.25, 0.3) is 0 Å². The molecule has 1 aliphatic heterocycles. The van der Waals surface area contributed by atoms with Crippen LogP contribution in [-0.4, -0.2) is 24.0 Å². The number of carbonyl (C=O) groups excluding carboxylic acids is 1. The summed E-state index contributed by atoms with van der Waals surface area (Å²) >= 11 is 3.26. The van der Waals surface area contributed by atoms with Gasteiger partial charge in [-0.2, -0.15) is 0 Å². The highest BCUT2D eigenvalue weighted by molar-refractivity contribution is 9.10. The molecular formula is C13H16BrFN2O. The lowest BCUT2D eigenvalue weighted by atomic mass is 10.0. The molecular weight excluding hydrogens is 299 g/mol. The molecule has 1 aliphatic rings. The zero-order chi connectivity index (χ0) is 13.1. The van der Waals surface area contributed by atoms with Gasteiger partial charge < -0.3 is 10.2 Å². The fourth-order valence-electron chi connectivity index (χ4n) is 2.16. The molecule has 1 N–H and O–H groups in total. The predicted molar refractivity (Wildman–Crippen MR) is 73.1 cm³/mol. The Kier molecular flexibility index (Phi) is 4.22. The van der Waals surface area contributed by atoms with E-state index in [1.807, 2.05) is 0 Å². The second-order valence-corrected chi connectivity index (χ2v) is 5.66. The van der Waals surface area contributed by atoms with Crippen LogP contribution >= 0.6 is 15.9 Å². The molecule has 1 saturated heterocycles. The van der Waals surface area contributed by atoms with Crippen molar-refractivity contribution < 1.29 is 9.18 Å². The van der Waals surface area contributed by atoms with Crippen LogP contribution < -0.4 is 5.32 Å². The van der Waals surface area contributed by atoms with Gasteiger partial charge in [-0.05, 0) is 37.0 Å². The van der Waals surface area contributed by atoms with Crippen LogP contribution in [0.4, 0.5) is 14.9 Å². The van der Waals surface area contributed by atoms with E-state index >= 15 is 0 Å². The zero-order valence-electron chi connectivity index (χ0n) is 10.2. The molecule has 18 heavy (non-hydrogen) atoms. The van der Waals surface area contributed by atoms with Crippen molar-refractivity contribution in [1.29, 1.82) is 0 Å². The number of benzene rings is 1. The molecule has 1 heterocycles. The molecule has 0 aliphatic carbocycles. The fourth-order valence-corrected chi connectivity index (χ4v) is 2.52. The molecule has 0 radical (unpaired) electrons. The molecule has 1 atom stereocenters. The smallest absolute Gasteiger partial charge is 0.321 e. The van der Waals surface area contributed by atoms with E-state index in [1.165, 1.54) is 6.07 Å². The van der Waals surface area contributed by atoms with Crippen molar-refractivity contribution in [1.82, 2.24) is 4.90 Å². The summed E-state index contributed by atoms with van der Waals surface area (Å²) in [6.07, 6.45) is 2.16. The van der Waals surface area contributed by atoms with E-state index in [4.69, 9.17) is 0 Å². The van der Waals surface area contributed by atoms with Gasteiger partial charge in [-0.25, -0.2) is 9.18 Å². The molecule has 1 fully saturated rings. The minimum absolute atomic E-state index is 0.215. The second kappa shape index (κ2) is 5.69. The SMILES string of the molecule is CC1CCCN(C(=O)Nc2cc(Br)ccc2F)C1. The van der Waals surface area contributed by atoms with Gasteiger partial charge in [0.05, 0.1) is 5.69 Å². The fraction of sp³-hybridized carbons (Fsp3) is 0.462. The maximum atomic E-state index is 13.5. The van der Waals surface area contributed by atoms with Crippen molar-refractivity contribution in [2.75, 3.05) is 18.4 Å². The molecule has 1 aromatic carbocycles. The Morgan fingerprint density at radius 2 is 2.33 bits per heavy atom. The Morgan fingerprint density at radius 1 is 1.56 bits per heavy atom. The van der Waals surface area contributed by atoms with E-state index < -0.39 is 5.82 Å². The summed E-state index contributed by atoms with van der Waals surface area (Å²) in [5.74, 6) is 0.0912. The van der Waals surface area contributed by atoms with Gasteiger partial charge in [0.1, 0.15) is 5.82 Å². The summed E-state index contributed by atoms with van der Waals surface area (Å²) < 4.78 is 14.3. The number of anilines is 1. The van der Waals surface area contributed by atoms with E-state index in [9.17, 15) is 9.18 Å². The molecule has 1 aromatic rings. The lowest BCUT2D eigenvalue weighted by Gasteiger charge is -2.31. The van der Waals surface area contributed by atoms with E-state index in [-0.39, 0.29) is 11.7 Å². The number of nitrogens with zero attached hydrogens (tertiary/aromatic N) is 1. The monoisotopic (exact) mass is 314 g/mol. The number of rotatable bonds is 1. The summed E-state index contributed by atoms with van der Waals surface area (Å²) in [4.78, 5) is 13.8. The lowest BCUT2D eigenvalue weighted by Crippen LogP contribution is -2.41. The predicted octanol–water partition coefficient (Wildman–Crippen LogP) is 3.85. The van der Waals surface area contributed by atoms with Crippen LogP contribution in [0.5, 0.6) is 0 Å². The number of hydrogen-bond acceptors (Lipinski definition) is 1. The molecule has 0 bridgehead atoms. The average molecular weight is 315 g/mol. The topological polar surface area (TPSA) is 32.3 Å². The van der Waals surface area contributed by atoms with Crippen LogP contribution in [0.1, 0.15) is 19.8 Å². The van der Waals surface area contributed by atoms with Crippen molar-refractivity contribution in [2.45, 2.75) is 19.8 Å². The van der Waals surface area contributed by atoms with E-state index in [0.29, 0.717) is 5.92 Å². The van der Waals surface area contributed by atoms with Crippen LogP contribution in [0.15, 0.2) is 22.7 Å². The molecule has 3 nitrogen and oxygen atoms in total. The Morgan fingerprint density at radius 3 is 3.06 bits per heavy atom. The number of halogens is 2. The van der Waals surface area contributed by atoms with Crippen LogP contribution in [0.3, 0.4) is 0 Å². The first-order valence-corrected chi connectivity index (χ1v) is 6.86. The highest BCUT2D eigenvalue weighted by Crippen LogP contribution is 2.21. The van der Waals surface area contributed by atoms with Gasteiger partial charge in [0.15, 0.2) is 0 Å². The highest BCUT2D eigenvalue weighted by Gasteiger charge is 2.21. The second-order valence-electron chi connectivity index (χ2n) is 4.75. The number of amides is 2. The first-order valence-electron chi connectivity index (χ1n) is 6.07. The summed E-state index contributed by atoms with van der Waals surface area (Å²) in [5, 5.41) is 2.62. The highest BCUT2D eigenvalue weighted by atomic mass is 79.9. The van der Waals surface area contributed by atoms with Crippen LogP contribution in [0, 0.1) is 11.7 Å². The number of urea groups is 1. The molecule has 2 rings (SSSR count). The van der Waals surface area contributed by atoms with E-state index in [0.717, 1.165) is 30.4 Å². The van der Waals surface area contributed by atoms with Crippen molar-refractivity contribution in [2.24, 2.45) is 5.92 Å². The lowest BCUT2D eigenvalue weighted by molar-refractivity contribution is 0.182. The normalized spacial score (nSPS) is 19.7. The summed E-state index contributed by atoms with van der Waals surface area (Å²) in [6.45, 7) is 3.60. The molecule has 5 heteroatoms. The third-order valence-electron chi connectivity index (χ3n) is 3.11. The molecule has 0 aromatic heterocycles. The largest absolute Gasteiger partial charge is 0.324 e. The molecule has 2 amide bonds. The van der Waals surface area contributed by atoms with Crippen molar-refractivity contribution in [3.63, 3.8) is 0 Å². The third kappa shape index (κ3) is 3.22. The Bertz CT molecular complexity index is 453. The molecule has 1 unspecified atom stereocenters. The van der Waals surface area contributed by atoms with Gasteiger partial charge >= 0.3 is 6.03 Å². The van der Waals surface area contributed by atoms with Gasteiger partial charge in [-0.3, -0.25) is 0 Å². The quantitative estimate of drug-likeness (QED) is 0.839. The molecule has 0 spiro atoms.